The molecule has 106 valence electrons. The molecule has 1 saturated heterocycles. The van der Waals surface area contributed by atoms with Gasteiger partial charge in [-0.1, -0.05) is 0 Å². The molecule has 7 nitrogen and oxygen atoms in total. The van der Waals surface area contributed by atoms with Crippen LogP contribution in [0.2, 0.25) is 0 Å². The third kappa shape index (κ3) is 3.34. The quantitative estimate of drug-likeness (QED) is 0.750. The predicted octanol–water partition coefficient (Wildman–Crippen LogP) is 0.559. The molecular weight excluding hydrogens is 272 g/mol. The zero-order chi connectivity index (χ0) is 14.0. The second kappa shape index (κ2) is 5.32. The van der Waals surface area contributed by atoms with E-state index in [-0.39, 0.29) is 22.7 Å². The van der Waals surface area contributed by atoms with Gasteiger partial charge in [-0.15, -0.1) is 0 Å². The van der Waals surface area contributed by atoms with E-state index < -0.39 is 16.0 Å². The summed E-state index contributed by atoms with van der Waals surface area (Å²) in [5.41, 5.74) is -0.152. The van der Waals surface area contributed by atoms with Crippen LogP contribution in [-0.2, 0) is 14.8 Å². The molecule has 3 N–H and O–H groups in total. The van der Waals surface area contributed by atoms with Crippen molar-refractivity contribution in [2.75, 3.05) is 6.61 Å². The third-order valence-corrected chi connectivity index (χ3v) is 4.50. The van der Waals surface area contributed by atoms with E-state index in [9.17, 15) is 13.2 Å². The Kier molecular flexibility index (Phi) is 3.93. The van der Waals surface area contributed by atoms with Crippen molar-refractivity contribution in [1.82, 2.24) is 9.71 Å². The first-order chi connectivity index (χ1) is 8.88. The Hall–Kier alpha value is -1.38. The molecule has 0 saturated carbocycles. The van der Waals surface area contributed by atoms with Crippen LogP contribution in [-0.4, -0.2) is 43.2 Å². The summed E-state index contributed by atoms with van der Waals surface area (Å²) in [6, 6.07) is 0.921. The molecule has 0 bridgehead atoms. The fourth-order valence-electron chi connectivity index (χ4n) is 2.05. The topological polar surface area (TPSA) is 108 Å². The van der Waals surface area contributed by atoms with Crippen molar-refractivity contribution in [3.05, 3.63) is 18.0 Å². The highest BCUT2D eigenvalue weighted by atomic mass is 32.2. The minimum atomic E-state index is -3.70. The number of aromatic amines is 1. The van der Waals surface area contributed by atoms with Crippen molar-refractivity contribution < 1.29 is 23.1 Å². The van der Waals surface area contributed by atoms with Gasteiger partial charge in [0.15, 0.2) is 0 Å². The second-order valence-corrected chi connectivity index (χ2v) is 6.29. The van der Waals surface area contributed by atoms with Crippen molar-refractivity contribution in [2.45, 2.75) is 36.8 Å². The lowest BCUT2D eigenvalue weighted by molar-refractivity contribution is 0.0173. The highest BCUT2D eigenvalue weighted by molar-refractivity contribution is 7.89. The Bertz CT molecular complexity index is 565. The third-order valence-electron chi connectivity index (χ3n) is 3.00. The molecule has 0 radical (unpaired) electrons. The molecule has 0 aliphatic carbocycles. The summed E-state index contributed by atoms with van der Waals surface area (Å²) in [4.78, 5) is 13.1. The number of carbonyl (C=O) groups is 1. The smallest absolute Gasteiger partial charge is 0.352 e. The molecule has 2 atom stereocenters. The summed E-state index contributed by atoms with van der Waals surface area (Å²) < 4.78 is 32.1. The van der Waals surface area contributed by atoms with E-state index in [2.05, 4.69) is 9.71 Å². The molecule has 1 aliphatic rings. The Labute approximate surface area is 111 Å². The van der Waals surface area contributed by atoms with Gasteiger partial charge in [0.1, 0.15) is 10.6 Å². The highest BCUT2D eigenvalue weighted by Gasteiger charge is 2.26. The molecule has 2 unspecified atom stereocenters. The minimum absolute atomic E-state index is 0.0160. The molecule has 0 amide bonds. The van der Waals surface area contributed by atoms with E-state index in [1.54, 1.807) is 0 Å². The molecule has 0 spiro atoms. The lowest BCUT2D eigenvalue weighted by atomic mass is 10.1. The normalized spacial score (nSPS) is 24.3. The average molecular weight is 288 g/mol. The zero-order valence-corrected chi connectivity index (χ0v) is 11.2. The summed E-state index contributed by atoms with van der Waals surface area (Å²) in [7, 11) is -3.70. The first-order valence-electron chi connectivity index (χ1n) is 5.94. The van der Waals surface area contributed by atoms with Crippen LogP contribution in [0.4, 0.5) is 0 Å². The molecule has 1 aromatic heterocycles. The van der Waals surface area contributed by atoms with Gasteiger partial charge in [0.2, 0.25) is 10.0 Å². The van der Waals surface area contributed by atoms with Gasteiger partial charge in [-0.2, -0.15) is 0 Å². The van der Waals surface area contributed by atoms with Gasteiger partial charge in [-0.05, 0) is 25.8 Å². The van der Waals surface area contributed by atoms with Crippen LogP contribution < -0.4 is 4.72 Å². The van der Waals surface area contributed by atoms with Gasteiger partial charge in [0.25, 0.3) is 0 Å². The summed E-state index contributed by atoms with van der Waals surface area (Å²) >= 11 is 0. The van der Waals surface area contributed by atoms with Crippen molar-refractivity contribution in [1.29, 1.82) is 0 Å². The first-order valence-corrected chi connectivity index (χ1v) is 7.42. The minimum Gasteiger partial charge on any atom is -0.477 e. The van der Waals surface area contributed by atoms with Gasteiger partial charge in [0.05, 0.1) is 6.10 Å². The number of rotatable bonds is 4. The van der Waals surface area contributed by atoms with Gasteiger partial charge in [0, 0.05) is 18.8 Å². The maximum atomic E-state index is 12.1. The SMILES string of the molecule is CC1CC(NS(=O)(=O)c2c[nH]c(C(=O)O)c2)CCO1. The maximum Gasteiger partial charge on any atom is 0.352 e. The average Bonchev–Trinajstić information content (AvgIpc) is 2.78. The number of carboxylic acids is 1. The van der Waals surface area contributed by atoms with Crippen molar-refractivity contribution in [3.8, 4) is 0 Å². The van der Waals surface area contributed by atoms with Crippen LogP contribution >= 0.6 is 0 Å². The Morgan fingerprint density at radius 1 is 1.58 bits per heavy atom. The van der Waals surface area contributed by atoms with Gasteiger partial charge in [-0.25, -0.2) is 17.9 Å². The second-order valence-electron chi connectivity index (χ2n) is 4.58. The molecule has 1 aliphatic heterocycles. The van der Waals surface area contributed by atoms with Gasteiger partial charge >= 0.3 is 5.97 Å². The number of ether oxygens (including phenoxy) is 1. The monoisotopic (exact) mass is 288 g/mol. The lowest BCUT2D eigenvalue weighted by Crippen LogP contribution is -2.41. The van der Waals surface area contributed by atoms with E-state index in [1.807, 2.05) is 6.92 Å². The lowest BCUT2D eigenvalue weighted by Gasteiger charge is -2.27. The number of carboxylic acid groups (broad SMARTS) is 1. The largest absolute Gasteiger partial charge is 0.477 e. The number of hydrogen-bond donors (Lipinski definition) is 3. The summed E-state index contributed by atoms with van der Waals surface area (Å²) in [6.07, 6.45) is 2.41. The molecule has 2 rings (SSSR count). The van der Waals surface area contributed by atoms with E-state index in [4.69, 9.17) is 9.84 Å². The maximum absolute atomic E-state index is 12.1. The standard InChI is InChI=1S/C11H16N2O5S/c1-7-4-8(2-3-18-7)13-19(16,17)9-5-10(11(14)15)12-6-9/h5-8,12-13H,2-4H2,1H3,(H,14,15). The van der Waals surface area contributed by atoms with E-state index in [0.29, 0.717) is 19.4 Å². The Morgan fingerprint density at radius 2 is 2.32 bits per heavy atom. The fourth-order valence-corrected chi connectivity index (χ4v) is 3.32. The van der Waals surface area contributed by atoms with Crippen LogP contribution in [0, 0.1) is 0 Å². The van der Waals surface area contributed by atoms with Crippen molar-refractivity contribution in [3.63, 3.8) is 0 Å². The summed E-state index contributed by atoms with van der Waals surface area (Å²) in [5, 5.41) is 8.76. The van der Waals surface area contributed by atoms with Crippen LogP contribution in [0.1, 0.15) is 30.3 Å². The first kappa shape index (κ1) is 14.0. The molecule has 2 heterocycles. The number of aromatic carboxylic acids is 1. The highest BCUT2D eigenvalue weighted by Crippen LogP contribution is 2.17. The number of H-pyrrole nitrogens is 1. The van der Waals surface area contributed by atoms with Gasteiger partial charge in [-0.3, -0.25) is 0 Å². The fraction of sp³-hybridized carbons (Fsp3) is 0.545. The van der Waals surface area contributed by atoms with Crippen molar-refractivity contribution in [2.24, 2.45) is 0 Å². The molecule has 1 aromatic rings. The van der Waals surface area contributed by atoms with Crippen molar-refractivity contribution >= 4 is 16.0 Å². The molecule has 1 fully saturated rings. The number of sulfonamides is 1. The number of aromatic nitrogens is 1. The number of hydrogen-bond acceptors (Lipinski definition) is 4. The Morgan fingerprint density at radius 3 is 2.89 bits per heavy atom. The molecular formula is C11H16N2O5S. The predicted molar refractivity (Wildman–Crippen MR) is 66.5 cm³/mol. The zero-order valence-electron chi connectivity index (χ0n) is 10.4. The Balaban J connectivity index is 2.10. The molecule has 19 heavy (non-hydrogen) atoms. The summed E-state index contributed by atoms with van der Waals surface area (Å²) in [6.45, 7) is 2.40. The molecule has 8 heteroatoms. The van der Waals surface area contributed by atoms with Gasteiger partial charge < -0.3 is 14.8 Å². The number of nitrogens with one attached hydrogen (secondary N) is 2. The van der Waals surface area contributed by atoms with Crippen LogP contribution in [0.5, 0.6) is 0 Å². The summed E-state index contributed by atoms with van der Waals surface area (Å²) in [5.74, 6) is -1.19. The molecule has 0 aromatic carbocycles. The van der Waals surface area contributed by atoms with Crippen LogP contribution in [0.3, 0.4) is 0 Å². The van der Waals surface area contributed by atoms with E-state index >= 15 is 0 Å². The van der Waals surface area contributed by atoms with E-state index in [0.717, 1.165) is 6.07 Å². The van der Waals surface area contributed by atoms with Crippen LogP contribution in [0.15, 0.2) is 17.2 Å². The van der Waals surface area contributed by atoms with Crippen LogP contribution in [0.25, 0.3) is 0 Å². The van der Waals surface area contributed by atoms with E-state index in [1.165, 1.54) is 6.20 Å².